The molecule has 0 aliphatic rings. The van der Waals surface area contributed by atoms with Gasteiger partial charge in [0.1, 0.15) is 0 Å². The second-order valence-electron chi connectivity index (χ2n) is 5.28. The summed E-state index contributed by atoms with van der Waals surface area (Å²) in [5.41, 5.74) is 3.26. The summed E-state index contributed by atoms with van der Waals surface area (Å²) in [6.07, 6.45) is 3.35. The summed E-state index contributed by atoms with van der Waals surface area (Å²) >= 11 is 0. The van der Waals surface area contributed by atoms with E-state index in [0.29, 0.717) is 6.04 Å². The summed E-state index contributed by atoms with van der Waals surface area (Å²) in [6, 6.07) is 2.85. The van der Waals surface area contributed by atoms with Gasteiger partial charge in [-0.3, -0.25) is 0 Å². The van der Waals surface area contributed by atoms with Gasteiger partial charge in [-0.2, -0.15) is 0 Å². The van der Waals surface area contributed by atoms with Crippen LogP contribution >= 0.6 is 0 Å². The van der Waals surface area contributed by atoms with Crippen LogP contribution in [-0.2, 0) is 11.8 Å². The highest BCUT2D eigenvalue weighted by Gasteiger charge is 2.20. The Morgan fingerprint density at radius 1 is 1.29 bits per heavy atom. The fraction of sp³-hybridized carbons (Fsp3) is 0.692. The highest BCUT2D eigenvalue weighted by Crippen LogP contribution is 2.28. The van der Waals surface area contributed by atoms with E-state index in [9.17, 15) is 0 Å². The molecule has 0 aliphatic carbocycles. The van der Waals surface area contributed by atoms with Gasteiger partial charge in [0.15, 0.2) is 0 Å². The quantitative estimate of drug-likeness (QED) is 0.670. The van der Waals surface area contributed by atoms with E-state index in [1.54, 1.807) is 0 Å². The van der Waals surface area contributed by atoms with Crippen LogP contribution in [0.4, 0.5) is 0 Å². The van der Waals surface area contributed by atoms with Gasteiger partial charge in [-0.25, -0.2) is 0 Å². The van der Waals surface area contributed by atoms with Crippen molar-refractivity contribution < 1.29 is 0 Å². The van der Waals surface area contributed by atoms with Crippen LogP contribution in [0.2, 0.25) is 0 Å². The topological polar surface area (TPSA) is 4.93 Å². The molecule has 0 bridgehead atoms. The van der Waals surface area contributed by atoms with Crippen LogP contribution in [-0.4, -0.2) is 4.57 Å². The molecule has 14 heavy (non-hydrogen) atoms. The largest absolute Gasteiger partial charge is 0.349 e. The van der Waals surface area contributed by atoms with E-state index < -0.39 is 0 Å². The average Bonchev–Trinajstić information content (AvgIpc) is 2.45. The molecule has 0 spiro atoms. The summed E-state index contributed by atoms with van der Waals surface area (Å²) in [5.74, 6) is 0. The standard InChI is InChI=1S/C13H23N/c1-7-12-11(13(4,5)6)8-9-14(12)10(2)3/h8-10H,7H2,1-6H3. The van der Waals surface area contributed by atoms with Crippen molar-refractivity contribution in [2.75, 3.05) is 0 Å². The second-order valence-corrected chi connectivity index (χ2v) is 5.28. The van der Waals surface area contributed by atoms with E-state index in [1.165, 1.54) is 11.3 Å². The van der Waals surface area contributed by atoms with Gasteiger partial charge in [-0.05, 0) is 37.3 Å². The molecule has 1 heterocycles. The average molecular weight is 193 g/mol. The molecule has 0 atom stereocenters. The van der Waals surface area contributed by atoms with Crippen molar-refractivity contribution in [1.82, 2.24) is 4.57 Å². The van der Waals surface area contributed by atoms with Crippen LogP contribution in [0.3, 0.4) is 0 Å². The highest BCUT2D eigenvalue weighted by molar-refractivity contribution is 5.29. The molecular formula is C13H23N. The maximum atomic E-state index is 2.39. The Morgan fingerprint density at radius 3 is 2.21 bits per heavy atom. The molecule has 0 radical (unpaired) electrons. The summed E-state index contributed by atoms with van der Waals surface area (Å²) in [6.45, 7) is 13.6. The van der Waals surface area contributed by atoms with E-state index in [0.717, 1.165) is 6.42 Å². The van der Waals surface area contributed by atoms with Crippen LogP contribution in [0.5, 0.6) is 0 Å². The summed E-state index contributed by atoms with van der Waals surface area (Å²) in [7, 11) is 0. The molecular weight excluding hydrogens is 170 g/mol. The molecule has 1 heteroatoms. The molecule has 0 fully saturated rings. The predicted octanol–water partition coefficient (Wildman–Crippen LogP) is 3.93. The summed E-state index contributed by atoms with van der Waals surface area (Å²) in [5, 5.41) is 0. The minimum atomic E-state index is 0.269. The van der Waals surface area contributed by atoms with Crippen LogP contribution in [0.1, 0.15) is 58.8 Å². The zero-order valence-corrected chi connectivity index (χ0v) is 10.4. The second kappa shape index (κ2) is 3.80. The minimum absolute atomic E-state index is 0.269. The van der Waals surface area contributed by atoms with Crippen molar-refractivity contribution in [3.05, 3.63) is 23.5 Å². The van der Waals surface area contributed by atoms with Crippen LogP contribution in [0, 0.1) is 0 Å². The minimum Gasteiger partial charge on any atom is -0.349 e. The number of hydrogen-bond acceptors (Lipinski definition) is 0. The lowest BCUT2D eigenvalue weighted by molar-refractivity contribution is 0.547. The Labute approximate surface area is 88.1 Å². The first-order valence-corrected chi connectivity index (χ1v) is 5.58. The zero-order valence-electron chi connectivity index (χ0n) is 10.4. The molecule has 0 saturated heterocycles. The molecule has 1 rings (SSSR count). The van der Waals surface area contributed by atoms with Crippen molar-refractivity contribution in [2.45, 2.75) is 59.4 Å². The molecule has 0 saturated carbocycles. The maximum absolute atomic E-state index is 2.39. The van der Waals surface area contributed by atoms with Gasteiger partial charge in [0.25, 0.3) is 0 Å². The zero-order chi connectivity index (χ0) is 10.9. The summed E-state index contributed by atoms with van der Waals surface area (Å²) < 4.78 is 2.39. The molecule has 1 aromatic heterocycles. The van der Waals surface area contributed by atoms with Crippen molar-refractivity contribution in [3.63, 3.8) is 0 Å². The smallest absolute Gasteiger partial charge is 0.0276 e. The molecule has 0 amide bonds. The molecule has 1 nitrogen and oxygen atoms in total. The Bertz CT molecular complexity index is 300. The molecule has 0 unspecified atom stereocenters. The molecule has 0 aromatic carbocycles. The number of nitrogens with zero attached hydrogens (tertiary/aromatic N) is 1. The molecule has 1 aromatic rings. The number of hydrogen-bond donors (Lipinski definition) is 0. The van der Waals surface area contributed by atoms with Crippen LogP contribution in [0.25, 0.3) is 0 Å². The predicted molar refractivity (Wildman–Crippen MR) is 62.9 cm³/mol. The van der Waals surface area contributed by atoms with Gasteiger partial charge in [-0.15, -0.1) is 0 Å². The third-order valence-electron chi connectivity index (χ3n) is 2.72. The lowest BCUT2D eigenvalue weighted by atomic mass is 9.86. The Morgan fingerprint density at radius 2 is 1.86 bits per heavy atom. The third-order valence-corrected chi connectivity index (χ3v) is 2.72. The monoisotopic (exact) mass is 193 g/mol. The maximum Gasteiger partial charge on any atom is 0.0276 e. The third kappa shape index (κ3) is 2.02. The van der Waals surface area contributed by atoms with E-state index in [-0.39, 0.29) is 5.41 Å². The van der Waals surface area contributed by atoms with Crippen molar-refractivity contribution in [2.24, 2.45) is 0 Å². The highest BCUT2D eigenvalue weighted by atomic mass is 15.0. The Hall–Kier alpha value is -0.720. The van der Waals surface area contributed by atoms with Crippen molar-refractivity contribution in [1.29, 1.82) is 0 Å². The normalized spacial score (nSPS) is 12.5. The lowest BCUT2D eigenvalue weighted by Gasteiger charge is -2.21. The van der Waals surface area contributed by atoms with Gasteiger partial charge >= 0.3 is 0 Å². The molecule has 0 N–H and O–H groups in total. The first-order valence-electron chi connectivity index (χ1n) is 5.58. The Balaban J connectivity index is 3.21. The van der Waals surface area contributed by atoms with Gasteiger partial charge in [0, 0.05) is 17.9 Å². The first kappa shape index (κ1) is 11.4. The number of rotatable bonds is 2. The van der Waals surface area contributed by atoms with E-state index >= 15 is 0 Å². The molecule has 0 aliphatic heterocycles. The van der Waals surface area contributed by atoms with Crippen molar-refractivity contribution in [3.8, 4) is 0 Å². The van der Waals surface area contributed by atoms with Gasteiger partial charge in [0.2, 0.25) is 0 Å². The lowest BCUT2D eigenvalue weighted by Crippen LogP contribution is -2.15. The first-order chi connectivity index (χ1) is 6.38. The fourth-order valence-corrected chi connectivity index (χ4v) is 2.02. The van der Waals surface area contributed by atoms with Crippen molar-refractivity contribution >= 4 is 0 Å². The van der Waals surface area contributed by atoms with E-state index in [2.05, 4.69) is 58.4 Å². The van der Waals surface area contributed by atoms with Crippen LogP contribution < -0.4 is 0 Å². The number of aromatic nitrogens is 1. The Kier molecular flexibility index (Phi) is 3.08. The summed E-state index contributed by atoms with van der Waals surface area (Å²) in [4.78, 5) is 0. The molecule has 80 valence electrons. The SMILES string of the molecule is CCc1c(C(C)(C)C)ccn1C(C)C. The fourth-order valence-electron chi connectivity index (χ4n) is 2.02. The van der Waals surface area contributed by atoms with Gasteiger partial charge in [-0.1, -0.05) is 27.7 Å². The van der Waals surface area contributed by atoms with Gasteiger partial charge in [0.05, 0.1) is 0 Å². The van der Waals surface area contributed by atoms with Gasteiger partial charge < -0.3 is 4.57 Å². The van der Waals surface area contributed by atoms with E-state index in [4.69, 9.17) is 0 Å². The van der Waals surface area contributed by atoms with E-state index in [1.807, 2.05) is 0 Å². The van der Waals surface area contributed by atoms with Crippen LogP contribution in [0.15, 0.2) is 12.3 Å².